The van der Waals surface area contributed by atoms with Crippen LogP contribution in [0.1, 0.15) is 29.9 Å². The average Bonchev–Trinajstić information content (AvgIpc) is 3.03. The maximum absolute atomic E-state index is 12.9. The highest BCUT2D eigenvalue weighted by Gasteiger charge is 2.24. The number of hydrogen-bond donors (Lipinski definition) is 0. The largest absolute Gasteiger partial charge is 0.490 e. The lowest BCUT2D eigenvalue weighted by Gasteiger charge is -2.14. The SMILES string of the molecule is CC(C)Oc1ccccc1-c1ccc(C(=O)c2c(S(C)(=O)=O)cnn2C)cc1. The van der Waals surface area contributed by atoms with Crippen molar-refractivity contribution in [2.24, 2.45) is 7.05 Å². The topological polar surface area (TPSA) is 78.3 Å². The van der Waals surface area contributed by atoms with Gasteiger partial charge in [0, 0.05) is 24.4 Å². The molecule has 0 fully saturated rings. The molecular formula is C21H22N2O4S. The monoisotopic (exact) mass is 398 g/mol. The highest BCUT2D eigenvalue weighted by molar-refractivity contribution is 7.90. The summed E-state index contributed by atoms with van der Waals surface area (Å²) in [6.45, 7) is 3.93. The van der Waals surface area contributed by atoms with E-state index >= 15 is 0 Å². The predicted octanol–water partition coefficient (Wildman–Crippen LogP) is 3.51. The first kappa shape index (κ1) is 19.8. The minimum atomic E-state index is -3.55. The number of ketones is 1. The van der Waals surface area contributed by atoms with Crippen LogP contribution in [0.4, 0.5) is 0 Å². The first-order valence-electron chi connectivity index (χ1n) is 8.81. The van der Waals surface area contributed by atoms with Crippen LogP contribution >= 0.6 is 0 Å². The summed E-state index contributed by atoms with van der Waals surface area (Å²) in [4.78, 5) is 12.8. The molecule has 0 aliphatic heterocycles. The Morgan fingerprint density at radius 1 is 1.07 bits per heavy atom. The van der Waals surface area contributed by atoms with Gasteiger partial charge in [-0.3, -0.25) is 9.48 Å². The molecule has 146 valence electrons. The molecule has 28 heavy (non-hydrogen) atoms. The second kappa shape index (κ2) is 7.59. The third-order valence-corrected chi connectivity index (χ3v) is 5.33. The van der Waals surface area contributed by atoms with E-state index in [0.29, 0.717) is 5.56 Å². The van der Waals surface area contributed by atoms with Crippen molar-refractivity contribution < 1.29 is 17.9 Å². The van der Waals surface area contributed by atoms with Gasteiger partial charge >= 0.3 is 0 Å². The summed E-state index contributed by atoms with van der Waals surface area (Å²) >= 11 is 0. The molecule has 6 nitrogen and oxygen atoms in total. The molecule has 0 unspecified atom stereocenters. The maximum atomic E-state index is 12.9. The van der Waals surface area contributed by atoms with E-state index in [-0.39, 0.29) is 16.7 Å². The number of aromatic nitrogens is 2. The number of benzene rings is 2. The number of ether oxygens (including phenoxy) is 1. The van der Waals surface area contributed by atoms with E-state index in [9.17, 15) is 13.2 Å². The van der Waals surface area contributed by atoms with E-state index in [4.69, 9.17) is 4.74 Å². The molecule has 0 amide bonds. The third-order valence-electron chi connectivity index (χ3n) is 4.23. The summed E-state index contributed by atoms with van der Waals surface area (Å²) in [5.74, 6) is 0.376. The molecule has 0 bridgehead atoms. The first-order chi connectivity index (χ1) is 13.2. The van der Waals surface area contributed by atoms with Gasteiger partial charge in [-0.05, 0) is 25.5 Å². The van der Waals surface area contributed by atoms with Crippen LogP contribution < -0.4 is 4.74 Å². The van der Waals surface area contributed by atoms with Crippen LogP contribution in [-0.4, -0.2) is 36.3 Å². The highest BCUT2D eigenvalue weighted by atomic mass is 32.2. The fourth-order valence-corrected chi connectivity index (χ4v) is 3.76. The molecular weight excluding hydrogens is 376 g/mol. The predicted molar refractivity (Wildman–Crippen MR) is 107 cm³/mol. The molecule has 0 radical (unpaired) electrons. The van der Waals surface area contributed by atoms with E-state index in [0.717, 1.165) is 23.1 Å². The van der Waals surface area contributed by atoms with Crippen LogP contribution in [0.3, 0.4) is 0 Å². The molecule has 7 heteroatoms. The zero-order chi connectivity index (χ0) is 20.5. The van der Waals surface area contributed by atoms with Gasteiger partial charge in [0.05, 0.1) is 12.3 Å². The second-order valence-electron chi connectivity index (χ2n) is 6.82. The van der Waals surface area contributed by atoms with Crippen molar-refractivity contribution in [3.8, 4) is 16.9 Å². The summed E-state index contributed by atoms with van der Waals surface area (Å²) in [7, 11) is -2.00. The molecule has 1 aromatic heterocycles. The standard InChI is InChI=1S/C21H22N2O4S/c1-14(2)27-18-8-6-5-7-17(18)15-9-11-16(12-10-15)21(24)20-19(28(4,25)26)13-22-23(20)3/h5-14H,1-4H3. The molecule has 0 saturated carbocycles. The van der Waals surface area contributed by atoms with Gasteiger partial charge in [0.25, 0.3) is 0 Å². The molecule has 3 rings (SSSR count). The number of carbonyl (C=O) groups is 1. The Balaban J connectivity index is 1.97. The van der Waals surface area contributed by atoms with Crippen LogP contribution in [0, 0.1) is 0 Å². The van der Waals surface area contributed by atoms with Gasteiger partial charge in [0.1, 0.15) is 16.3 Å². The van der Waals surface area contributed by atoms with Crippen molar-refractivity contribution in [2.45, 2.75) is 24.8 Å². The molecule has 3 aromatic rings. The number of rotatable bonds is 6. The van der Waals surface area contributed by atoms with Gasteiger partial charge in [0.2, 0.25) is 5.78 Å². The van der Waals surface area contributed by atoms with Crippen molar-refractivity contribution in [2.75, 3.05) is 6.26 Å². The average molecular weight is 398 g/mol. The Kier molecular flexibility index (Phi) is 5.38. The summed E-state index contributed by atoms with van der Waals surface area (Å²) < 4.78 is 31.0. The lowest BCUT2D eigenvalue weighted by molar-refractivity contribution is 0.102. The summed E-state index contributed by atoms with van der Waals surface area (Å²) in [5.41, 5.74) is 2.27. The maximum Gasteiger partial charge on any atom is 0.212 e. The molecule has 0 aliphatic carbocycles. The third kappa shape index (κ3) is 3.99. The Hall–Kier alpha value is -2.93. The van der Waals surface area contributed by atoms with Crippen molar-refractivity contribution in [3.63, 3.8) is 0 Å². The van der Waals surface area contributed by atoms with Crippen LogP contribution in [0.2, 0.25) is 0 Å². The summed E-state index contributed by atoms with van der Waals surface area (Å²) in [6.07, 6.45) is 2.31. The van der Waals surface area contributed by atoms with E-state index in [1.807, 2.05) is 50.2 Å². The smallest absolute Gasteiger partial charge is 0.212 e. The lowest BCUT2D eigenvalue weighted by atomic mass is 10.0. The minimum Gasteiger partial charge on any atom is -0.490 e. The Morgan fingerprint density at radius 3 is 2.32 bits per heavy atom. The van der Waals surface area contributed by atoms with Crippen molar-refractivity contribution >= 4 is 15.6 Å². The van der Waals surface area contributed by atoms with Gasteiger partial charge in [0.15, 0.2) is 9.84 Å². The lowest BCUT2D eigenvalue weighted by Crippen LogP contribution is -2.12. The number of carbonyl (C=O) groups excluding carboxylic acids is 1. The quantitative estimate of drug-likeness (QED) is 0.594. The van der Waals surface area contributed by atoms with E-state index in [1.165, 1.54) is 10.9 Å². The molecule has 0 atom stereocenters. The zero-order valence-electron chi connectivity index (χ0n) is 16.2. The van der Waals surface area contributed by atoms with Crippen LogP contribution in [0.25, 0.3) is 11.1 Å². The summed E-state index contributed by atoms with van der Waals surface area (Å²) in [5, 5.41) is 3.93. The van der Waals surface area contributed by atoms with Gasteiger partial charge in [-0.25, -0.2) is 8.42 Å². The Morgan fingerprint density at radius 2 is 1.71 bits per heavy atom. The highest BCUT2D eigenvalue weighted by Crippen LogP contribution is 2.31. The number of nitrogens with zero attached hydrogens (tertiary/aromatic N) is 2. The zero-order valence-corrected chi connectivity index (χ0v) is 17.0. The van der Waals surface area contributed by atoms with Gasteiger partial charge in [-0.15, -0.1) is 0 Å². The van der Waals surface area contributed by atoms with E-state index in [2.05, 4.69) is 5.10 Å². The van der Waals surface area contributed by atoms with Crippen LogP contribution in [0.5, 0.6) is 5.75 Å². The van der Waals surface area contributed by atoms with Crippen molar-refractivity contribution in [1.29, 1.82) is 0 Å². The van der Waals surface area contributed by atoms with E-state index in [1.54, 1.807) is 19.2 Å². The fourth-order valence-electron chi connectivity index (χ4n) is 2.95. The Bertz CT molecular complexity index is 1110. The van der Waals surface area contributed by atoms with E-state index < -0.39 is 15.6 Å². The number of hydrogen-bond acceptors (Lipinski definition) is 5. The summed E-state index contributed by atoms with van der Waals surface area (Å²) in [6, 6.07) is 14.7. The minimum absolute atomic E-state index is 0.0428. The number of para-hydroxylation sites is 1. The fraction of sp³-hybridized carbons (Fsp3) is 0.238. The van der Waals surface area contributed by atoms with Crippen molar-refractivity contribution in [3.05, 3.63) is 66.0 Å². The molecule has 0 aliphatic rings. The van der Waals surface area contributed by atoms with Gasteiger partial charge in [-0.1, -0.05) is 42.5 Å². The molecule has 0 N–H and O–H groups in total. The van der Waals surface area contributed by atoms with Gasteiger partial charge in [-0.2, -0.15) is 5.10 Å². The molecule has 0 spiro atoms. The van der Waals surface area contributed by atoms with Crippen LogP contribution in [0.15, 0.2) is 59.6 Å². The Labute approximate surface area is 164 Å². The van der Waals surface area contributed by atoms with Crippen LogP contribution in [-0.2, 0) is 16.9 Å². The van der Waals surface area contributed by atoms with Gasteiger partial charge < -0.3 is 4.74 Å². The number of sulfone groups is 1. The number of aryl methyl sites for hydroxylation is 1. The molecule has 0 saturated heterocycles. The molecule has 1 heterocycles. The first-order valence-corrected chi connectivity index (χ1v) is 10.7. The second-order valence-corrected chi connectivity index (χ2v) is 8.81. The normalized spacial score (nSPS) is 11.6. The van der Waals surface area contributed by atoms with Crippen molar-refractivity contribution in [1.82, 2.24) is 9.78 Å². The molecule has 2 aromatic carbocycles.